The number of halogens is 1. The summed E-state index contributed by atoms with van der Waals surface area (Å²) in [4.78, 5) is 8.10. The van der Waals surface area contributed by atoms with Gasteiger partial charge in [-0.1, -0.05) is 6.07 Å². The molecule has 0 aliphatic carbocycles. The van der Waals surface area contributed by atoms with Crippen LogP contribution in [0, 0.1) is 5.82 Å². The summed E-state index contributed by atoms with van der Waals surface area (Å²) in [5.41, 5.74) is 1.24. The fourth-order valence-electron chi connectivity index (χ4n) is 2.75. The van der Waals surface area contributed by atoms with Crippen LogP contribution >= 0.6 is 0 Å². The summed E-state index contributed by atoms with van der Waals surface area (Å²) in [5, 5.41) is 4.45. The maximum absolute atomic E-state index is 14.5. The monoisotopic (exact) mass is 398 g/mol. The minimum absolute atomic E-state index is 0.153. The van der Waals surface area contributed by atoms with Crippen molar-refractivity contribution in [3.8, 4) is 11.3 Å². The number of nitrogens with one attached hydrogen (secondary N) is 2. The highest BCUT2D eigenvalue weighted by atomic mass is 32.2. The van der Waals surface area contributed by atoms with Gasteiger partial charge in [-0.3, -0.25) is 9.71 Å². The van der Waals surface area contributed by atoms with Crippen molar-refractivity contribution in [2.24, 2.45) is 0 Å². The van der Waals surface area contributed by atoms with Gasteiger partial charge in [0, 0.05) is 23.5 Å². The second kappa shape index (κ2) is 6.93. The first-order valence-electron chi connectivity index (χ1n) is 8.22. The molecule has 4 aromatic rings. The zero-order valence-electron chi connectivity index (χ0n) is 14.7. The SMILES string of the molecule is CS(=O)(=O)Nc1cccc(Nc2ncc(-c3cc4ccncc4cc3F)o2)c1. The molecule has 0 radical (unpaired) electrons. The van der Waals surface area contributed by atoms with Crippen LogP contribution in [0.25, 0.3) is 22.1 Å². The van der Waals surface area contributed by atoms with Gasteiger partial charge in [-0.05, 0) is 41.8 Å². The van der Waals surface area contributed by atoms with E-state index in [0.29, 0.717) is 16.8 Å². The first-order valence-corrected chi connectivity index (χ1v) is 10.1. The lowest BCUT2D eigenvalue weighted by Gasteiger charge is -2.07. The van der Waals surface area contributed by atoms with Gasteiger partial charge in [0.1, 0.15) is 5.82 Å². The van der Waals surface area contributed by atoms with Crippen LogP contribution in [-0.4, -0.2) is 24.6 Å². The lowest BCUT2D eigenvalue weighted by Crippen LogP contribution is -2.09. The summed E-state index contributed by atoms with van der Waals surface area (Å²) in [7, 11) is -3.38. The number of aromatic nitrogens is 2. The van der Waals surface area contributed by atoms with Crippen molar-refractivity contribution in [2.75, 3.05) is 16.3 Å². The van der Waals surface area contributed by atoms with Gasteiger partial charge < -0.3 is 9.73 Å². The van der Waals surface area contributed by atoms with Crippen LogP contribution in [0.1, 0.15) is 0 Å². The van der Waals surface area contributed by atoms with E-state index in [1.165, 1.54) is 12.3 Å². The Balaban J connectivity index is 1.60. The van der Waals surface area contributed by atoms with Gasteiger partial charge in [0.15, 0.2) is 5.76 Å². The average molecular weight is 398 g/mol. The number of fused-ring (bicyclic) bond motifs is 1. The van der Waals surface area contributed by atoms with Crippen LogP contribution in [0.4, 0.5) is 21.8 Å². The number of sulfonamides is 1. The summed E-state index contributed by atoms with van der Waals surface area (Å²) in [6.07, 6.45) is 5.72. The fourth-order valence-corrected chi connectivity index (χ4v) is 3.31. The van der Waals surface area contributed by atoms with Crippen molar-refractivity contribution >= 4 is 38.2 Å². The average Bonchev–Trinajstić information content (AvgIpc) is 3.08. The Labute approximate surface area is 160 Å². The van der Waals surface area contributed by atoms with Crippen LogP contribution in [0.2, 0.25) is 0 Å². The highest BCUT2D eigenvalue weighted by Crippen LogP contribution is 2.30. The molecule has 28 heavy (non-hydrogen) atoms. The third kappa shape index (κ3) is 3.94. The van der Waals surface area contributed by atoms with E-state index in [0.717, 1.165) is 11.6 Å². The number of benzene rings is 2. The predicted octanol–water partition coefficient (Wildman–Crippen LogP) is 4.14. The van der Waals surface area contributed by atoms with E-state index < -0.39 is 15.8 Å². The molecule has 0 bridgehead atoms. The molecule has 9 heteroatoms. The zero-order chi connectivity index (χ0) is 19.7. The van der Waals surface area contributed by atoms with Crippen LogP contribution in [-0.2, 0) is 10.0 Å². The molecule has 2 heterocycles. The minimum Gasteiger partial charge on any atom is -0.423 e. The molecule has 2 N–H and O–H groups in total. The molecular weight excluding hydrogens is 383 g/mol. The Morgan fingerprint density at radius 3 is 2.68 bits per heavy atom. The predicted molar refractivity (Wildman–Crippen MR) is 105 cm³/mol. The molecular formula is C19H15FN4O3S. The third-order valence-corrected chi connectivity index (χ3v) is 4.52. The number of oxazole rings is 1. The largest absolute Gasteiger partial charge is 0.423 e. The Morgan fingerprint density at radius 2 is 1.86 bits per heavy atom. The van der Waals surface area contributed by atoms with Gasteiger partial charge in [-0.25, -0.2) is 17.8 Å². The maximum atomic E-state index is 14.5. The first kappa shape index (κ1) is 17.9. The van der Waals surface area contributed by atoms with Crippen LogP contribution < -0.4 is 10.0 Å². The Morgan fingerprint density at radius 1 is 1.04 bits per heavy atom. The summed E-state index contributed by atoms with van der Waals surface area (Å²) < 4.78 is 45.2. The molecule has 0 saturated heterocycles. The molecule has 0 spiro atoms. The normalized spacial score (nSPS) is 11.5. The molecule has 7 nitrogen and oxygen atoms in total. The molecule has 0 aliphatic rings. The highest BCUT2D eigenvalue weighted by Gasteiger charge is 2.13. The van der Waals surface area contributed by atoms with Crippen LogP contribution in [0.5, 0.6) is 0 Å². The molecule has 0 aliphatic heterocycles. The van der Waals surface area contributed by atoms with E-state index in [9.17, 15) is 12.8 Å². The minimum atomic E-state index is -3.38. The molecule has 4 rings (SSSR count). The molecule has 0 unspecified atom stereocenters. The van der Waals surface area contributed by atoms with Crippen molar-refractivity contribution in [1.82, 2.24) is 9.97 Å². The van der Waals surface area contributed by atoms with Gasteiger partial charge in [0.25, 0.3) is 6.01 Å². The number of anilines is 3. The topological polar surface area (TPSA) is 97.1 Å². The van der Waals surface area contributed by atoms with Crippen molar-refractivity contribution in [3.63, 3.8) is 0 Å². The summed E-state index contributed by atoms with van der Waals surface area (Å²) in [6.45, 7) is 0. The van der Waals surface area contributed by atoms with Crippen molar-refractivity contribution < 1.29 is 17.2 Å². The van der Waals surface area contributed by atoms with Gasteiger partial charge in [-0.2, -0.15) is 0 Å². The lowest BCUT2D eigenvalue weighted by molar-refractivity contribution is 0.578. The maximum Gasteiger partial charge on any atom is 0.299 e. The molecule has 0 saturated carbocycles. The van der Waals surface area contributed by atoms with E-state index >= 15 is 0 Å². The summed E-state index contributed by atoms with van der Waals surface area (Å²) in [5.74, 6) is -0.174. The molecule has 2 aromatic heterocycles. The van der Waals surface area contributed by atoms with Crippen molar-refractivity contribution in [1.29, 1.82) is 0 Å². The molecule has 0 amide bonds. The number of hydrogen-bond donors (Lipinski definition) is 2. The van der Waals surface area contributed by atoms with E-state index in [2.05, 4.69) is 20.0 Å². The number of rotatable bonds is 5. The lowest BCUT2D eigenvalue weighted by atomic mass is 10.1. The van der Waals surface area contributed by atoms with E-state index in [-0.39, 0.29) is 17.3 Å². The van der Waals surface area contributed by atoms with E-state index in [4.69, 9.17) is 4.42 Å². The van der Waals surface area contributed by atoms with E-state index in [1.54, 1.807) is 48.8 Å². The number of hydrogen-bond acceptors (Lipinski definition) is 6. The first-order chi connectivity index (χ1) is 13.4. The van der Waals surface area contributed by atoms with Gasteiger partial charge >= 0.3 is 0 Å². The van der Waals surface area contributed by atoms with Gasteiger partial charge in [0.05, 0.1) is 23.7 Å². The zero-order valence-corrected chi connectivity index (χ0v) is 15.5. The summed E-state index contributed by atoms with van der Waals surface area (Å²) in [6, 6.07) is 11.6. The third-order valence-electron chi connectivity index (χ3n) is 3.91. The quantitative estimate of drug-likeness (QED) is 0.524. The molecule has 2 aromatic carbocycles. The Bertz CT molecular complexity index is 1270. The second-order valence-electron chi connectivity index (χ2n) is 6.16. The van der Waals surface area contributed by atoms with Crippen molar-refractivity contribution in [3.05, 3.63) is 66.9 Å². The van der Waals surface area contributed by atoms with Gasteiger partial charge in [0.2, 0.25) is 10.0 Å². The van der Waals surface area contributed by atoms with E-state index in [1.807, 2.05) is 0 Å². The number of nitrogens with zero attached hydrogens (tertiary/aromatic N) is 2. The highest BCUT2D eigenvalue weighted by molar-refractivity contribution is 7.92. The van der Waals surface area contributed by atoms with Crippen LogP contribution in [0.3, 0.4) is 0 Å². The fraction of sp³-hybridized carbons (Fsp3) is 0.0526. The van der Waals surface area contributed by atoms with Crippen LogP contribution in [0.15, 0.2) is 65.5 Å². The smallest absolute Gasteiger partial charge is 0.299 e. The van der Waals surface area contributed by atoms with Gasteiger partial charge in [-0.15, -0.1) is 0 Å². The molecule has 142 valence electrons. The Kier molecular flexibility index (Phi) is 4.44. The second-order valence-corrected chi connectivity index (χ2v) is 7.91. The molecule has 0 fully saturated rings. The van der Waals surface area contributed by atoms with Crippen molar-refractivity contribution in [2.45, 2.75) is 0 Å². The molecule has 0 atom stereocenters. The number of pyridine rings is 1. The Hall–Kier alpha value is -3.46. The summed E-state index contributed by atoms with van der Waals surface area (Å²) >= 11 is 0. The standard InChI is InChI=1S/C19H15FN4O3S/c1-28(25,26)24-15-4-2-3-14(9-15)23-19-22-11-18(27-19)16-7-12-5-6-21-10-13(12)8-17(16)20/h2-11,24H,1H3,(H,22,23).